The number of benzene rings is 2. The highest BCUT2D eigenvalue weighted by Crippen LogP contribution is 2.26. The van der Waals surface area contributed by atoms with E-state index in [0.29, 0.717) is 18.6 Å². The van der Waals surface area contributed by atoms with E-state index in [0.717, 1.165) is 16.9 Å². The van der Waals surface area contributed by atoms with Crippen molar-refractivity contribution in [2.24, 2.45) is 0 Å². The average molecular weight is 282 g/mol. The van der Waals surface area contributed by atoms with Crippen LogP contribution in [0.2, 0.25) is 0 Å². The van der Waals surface area contributed by atoms with Gasteiger partial charge in [0, 0.05) is 12.8 Å². The van der Waals surface area contributed by atoms with Crippen LogP contribution in [0.3, 0.4) is 0 Å². The highest BCUT2D eigenvalue weighted by Gasteiger charge is 2.26. The molecule has 0 aromatic heterocycles. The summed E-state index contributed by atoms with van der Waals surface area (Å²) < 4.78 is 11.6. The standard InChI is InChI=1S/C18H18O3/c19-13-17-16(11-14-7-3-1-4-8-14)20-18(21-17)12-15-9-5-2-6-10-15/h1-10,18-19H,11-13H2. The Morgan fingerprint density at radius 3 is 1.95 bits per heavy atom. The Balaban J connectivity index is 1.66. The summed E-state index contributed by atoms with van der Waals surface area (Å²) in [4.78, 5) is 0. The molecule has 0 radical (unpaired) electrons. The van der Waals surface area contributed by atoms with Gasteiger partial charge in [0.2, 0.25) is 6.29 Å². The van der Waals surface area contributed by atoms with E-state index in [1.165, 1.54) is 0 Å². The molecule has 0 aliphatic carbocycles. The Bertz CT molecular complexity index is 605. The van der Waals surface area contributed by atoms with Crippen LogP contribution in [-0.4, -0.2) is 18.0 Å². The van der Waals surface area contributed by atoms with Gasteiger partial charge in [0.15, 0.2) is 5.76 Å². The lowest BCUT2D eigenvalue weighted by Crippen LogP contribution is -2.13. The van der Waals surface area contributed by atoms with Crippen LogP contribution in [-0.2, 0) is 22.3 Å². The summed E-state index contributed by atoms with van der Waals surface area (Å²) in [5, 5.41) is 9.44. The largest absolute Gasteiger partial charge is 0.455 e. The maximum atomic E-state index is 9.44. The van der Waals surface area contributed by atoms with Crippen LogP contribution in [0.15, 0.2) is 72.2 Å². The normalized spacial score (nSPS) is 17.5. The third kappa shape index (κ3) is 3.44. The summed E-state index contributed by atoms with van der Waals surface area (Å²) >= 11 is 0. The number of aliphatic hydroxyl groups is 1. The van der Waals surface area contributed by atoms with E-state index in [2.05, 4.69) is 0 Å². The van der Waals surface area contributed by atoms with Crippen LogP contribution in [0.1, 0.15) is 11.1 Å². The fraction of sp³-hybridized carbons (Fsp3) is 0.222. The van der Waals surface area contributed by atoms with Crippen molar-refractivity contribution in [2.75, 3.05) is 6.61 Å². The first-order valence-corrected chi connectivity index (χ1v) is 7.09. The van der Waals surface area contributed by atoms with Crippen molar-refractivity contribution in [1.29, 1.82) is 0 Å². The highest BCUT2D eigenvalue weighted by atomic mass is 16.7. The van der Waals surface area contributed by atoms with E-state index in [1.54, 1.807) is 0 Å². The molecular formula is C18H18O3. The molecule has 1 aliphatic rings. The minimum Gasteiger partial charge on any atom is -0.455 e. The quantitative estimate of drug-likeness (QED) is 0.916. The van der Waals surface area contributed by atoms with E-state index >= 15 is 0 Å². The Labute approximate surface area is 124 Å². The highest BCUT2D eigenvalue weighted by molar-refractivity contribution is 5.23. The summed E-state index contributed by atoms with van der Waals surface area (Å²) in [6.07, 6.45) is 0.957. The molecule has 0 fully saturated rings. The molecule has 3 nitrogen and oxygen atoms in total. The Hall–Kier alpha value is -2.26. The van der Waals surface area contributed by atoms with Crippen LogP contribution in [0.25, 0.3) is 0 Å². The van der Waals surface area contributed by atoms with Gasteiger partial charge >= 0.3 is 0 Å². The number of hydrogen-bond acceptors (Lipinski definition) is 3. The number of allylic oxidation sites excluding steroid dienone is 1. The molecule has 1 heterocycles. The second kappa shape index (κ2) is 6.46. The summed E-state index contributed by atoms with van der Waals surface area (Å²) in [6, 6.07) is 20.1. The van der Waals surface area contributed by atoms with Gasteiger partial charge in [0.05, 0.1) is 0 Å². The van der Waals surface area contributed by atoms with Gasteiger partial charge in [-0.05, 0) is 11.1 Å². The van der Waals surface area contributed by atoms with E-state index in [1.807, 2.05) is 60.7 Å². The molecule has 0 saturated heterocycles. The molecule has 1 unspecified atom stereocenters. The predicted octanol–water partition coefficient (Wildman–Crippen LogP) is 3.05. The number of ether oxygens (including phenoxy) is 2. The van der Waals surface area contributed by atoms with Crippen LogP contribution in [0.5, 0.6) is 0 Å². The maximum Gasteiger partial charge on any atom is 0.244 e. The monoisotopic (exact) mass is 282 g/mol. The van der Waals surface area contributed by atoms with Crippen LogP contribution >= 0.6 is 0 Å². The van der Waals surface area contributed by atoms with Crippen molar-refractivity contribution in [2.45, 2.75) is 19.1 Å². The van der Waals surface area contributed by atoms with Crippen LogP contribution in [0.4, 0.5) is 0 Å². The zero-order valence-corrected chi connectivity index (χ0v) is 11.7. The molecule has 1 atom stereocenters. The van der Waals surface area contributed by atoms with Gasteiger partial charge < -0.3 is 14.6 Å². The number of aliphatic hydroxyl groups excluding tert-OH is 1. The van der Waals surface area contributed by atoms with Crippen molar-refractivity contribution >= 4 is 0 Å². The van der Waals surface area contributed by atoms with Crippen molar-refractivity contribution in [1.82, 2.24) is 0 Å². The summed E-state index contributed by atoms with van der Waals surface area (Å²) in [7, 11) is 0. The lowest BCUT2D eigenvalue weighted by Gasteiger charge is -2.12. The number of rotatable bonds is 5. The van der Waals surface area contributed by atoms with E-state index in [-0.39, 0.29) is 12.9 Å². The van der Waals surface area contributed by atoms with E-state index in [9.17, 15) is 5.11 Å². The molecule has 0 bridgehead atoms. The summed E-state index contributed by atoms with van der Waals surface area (Å²) in [6.45, 7) is -0.131. The molecule has 3 rings (SSSR count). The second-order valence-electron chi connectivity index (χ2n) is 5.02. The average Bonchev–Trinajstić information content (AvgIpc) is 2.91. The second-order valence-corrected chi connectivity index (χ2v) is 5.02. The fourth-order valence-corrected chi connectivity index (χ4v) is 2.41. The van der Waals surface area contributed by atoms with Gasteiger partial charge in [0.25, 0.3) is 0 Å². The SMILES string of the molecule is OCC1=C(Cc2ccccc2)OC(Cc2ccccc2)O1. The van der Waals surface area contributed by atoms with Gasteiger partial charge in [-0.15, -0.1) is 0 Å². The van der Waals surface area contributed by atoms with Crippen molar-refractivity contribution in [3.8, 4) is 0 Å². The van der Waals surface area contributed by atoms with Crippen LogP contribution < -0.4 is 0 Å². The van der Waals surface area contributed by atoms with Gasteiger partial charge in [-0.1, -0.05) is 60.7 Å². The smallest absolute Gasteiger partial charge is 0.244 e. The Morgan fingerprint density at radius 1 is 0.762 bits per heavy atom. The third-order valence-electron chi connectivity index (χ3n) is 3.45. The minimum absolute atomic E-state index is 0.131. The Kier molecular flexibility index (Phi) is 4.22. The van der Waals surface area contributed by atoms with Gasteiger partial charge in [0.1, 0.15) is 12.4 Å². The van der Waals surface area contributed by atoms with E-state index in [4.69, 9.17) is 9.47 Å². The lowest BCUT2D eigenvalue weighted by molar-refractivity contribution is -0.0430. The molecule has 1 N–H and O–H groups in total. The van der Waals surface area contributed by atoms with Crippen molar-refractivity contribution < 1.29 is 14.6 Å². The summed E-state index contributed by atoms with van der Waals surface area (Å²) in [5.41, 5.74) is 2.29. The molecular weight excluding hydrogens is 264 g/mol. The van der Waals surface area contributed by atoms with Crippen molar-refractivity contribution in [3.63, 3.8) is 0 Å². The molecule has 3 heteroatoms. The van der Waals surface area contributed by atoms with E-state index < -0.39 is 0 Å². The Morgan fingerprint density at radius 2 is 1.33 bits per heavy atom. The minimum atomic E-state index is -0.353. The zero-order valence-electron chi connectivity index (χ0n) is 11.7. The van der Waals surface area contributed by atoms with Crippen LogP contribution in [0, 0.1) is 0 Å². The molecule has 2 aromatic carbocycles. The molecule has 0 spiro atoms. The maximum absolute atomic E-state index is 9.44. The summed E-state index contributed by atoms with van der Waals surface area (Å²) in [5.74, 6) is 1.27. The molecule has 108 valence electrons. The van der Waals surface area contributed by atoms with Crippen molar-refractivity contribution in [3.05, 3.63) is 83.3 Å². The third-order valence-corrected chi connectivity index (χ3v) is 3.45. The fourth-order valence-electron chi connectivity index (χ4n) is 2.41. The molecule has 0 saturated carbocycles. The van der Waals surface area contributed by atoms with Gasteiger partial charge in [-0.25, -0.2) is 0 Å². The molecule has 0 amide bonds. The first kappa shape index (κ1) is 13.7. The van der Waals surface area contributed by atoms with Gasteiger partial charge in [-0.3, -0.25) is 0 Å². The first-order chi connectivity index (χ1) is 10.3. The molecule has 21 heavy (non-hydrogen) atoms. The zero-order chi connectivity index (χ0) is 14.5. The lowest BCUT2D eigenvalue weighted by atomic mass is 10.1. The topological polar surface area (TPSA) is 38.7 Å². The molecule has 2 aromatic rings. The number of hydrogen-bond donors (Lipinski definition) is 1. The first-order valence-electron chi connectivity index (χ1n) is 7.09. The predicted molar refractivity (Wildman–Crippen MR) is 80.4 cm³/mol. The molecule has 1 aliphatic heterocycles. The van der Waals surface area contributed by atoms with Gasteiger partial charge in [-0.2, -0.15) is 0 Å².